The van der Waals surface area contributed by atoms with Gasteiger partial charge >= 0.3 is 6.18 Å². The Hall–Kier alpha value is -3.48. The molecule has 0 spiro atoms. The lowest BCUT2D eigenvalue weighted by atomic mass is 9.93. The molecule has 244 valence electrons. The van der Waals surface area contributed by atoms with E-state index in [0.717, 1.165) is 38.2 Å². The topological polar surface area (TPSA) is 88.4 Å². The first kappa shape index (κ1) is 32.9. The molecule has 1 N–H and O–H groups in total. The first-order valence-corrected chi connectivity index (χ1v) is 16.5. The predicted octanol–water partition coefficient (Wildman–Crippen LogP) is 7.07. The standard InChI is InChI=1S/C30H36F3N7O2S.C2H6/c1-28(2)18-20-6-5-15-38(3)22-7-4-8-25(34-22)43-37-27(41)21-9-10-23(35-26(21)39(28)19-20)40-16-11-24(36-40)42-17-14-29(12-13-29)30(31,32)33;1-2/h4,7-11,16,20H,5-6,12-15,17-19H2,1-3H3,(H,37,41);1-2H3. The number of hydrogen-bond acceptors (Lipinski definition) is 8. The van der Waals surface area contributed by atoms with Crippen molar-refractivity contribution >= 4 is 29.5 Å². The van der Waals surface area contributed by atoms with Gasteiger partial charge in [-0.2, -0.15) is 13.2 Å². The number of anilines is 2. The molecule has 3 aliphatic rings. The summed E-state index contributed by atoms with van der Waals surface area (Å²) in [6.45, 7) is 9.93. The van der Waals surface area contributed by atoms with E-state index in [1.165, 1.54) is 16.6 Å². The van der Waals surface area contributed by atoms with Crippen LogP contribution in [0.2, 0.25) is 0 Å². The molecule has 1 saturated heterocycles. The Labute approximate surface area is 267 Å². The van der Waals surface area contributed by atoms with Crippen LogP contribution in [0.1, 0.15) is 76.6 Å². The number of nitrogens with one attached hydrogen (secondary N) is 1. The summed E-state index contributed by atoms with van der Waals surface area (Å²) in [5.74, 6) is 2.29. The summed E-state index contributed by atoms with van der Waals surface area (Å²) < 4.78 is 49.9. The van der Waals surface area contributed by atoms with Crippen molar-refractivity contribution in [3.63, 3.8) is 0 Å². The number of alkyl halides is 3. The van der Waals surface area contributed by atoms with Crippen LogP contribution < -0.4 is 19.3 Å². The van der Waals surface area contributed by atoms with Gasteiger partial charge in [0, 0.05) is 49.9 Å². The van der Waals surface area contributed by atoms with Crippen LogP contribution in [0.25, 0.3) is 5.82 Å². The summed E-state index contributed by atoms with van der Waals surface area (Å²) in [6.07, 6.45) is 0.673. The number of ether oxygens (including phenoxy) is 1. The minimum Gasteiger partial charge on any atom is -0.477 e. The van der Waals surface area contributed by atoms with Gasteiger partial charge in [0.1, 0.15) is 16.7 Å². The highest BCUT2D eigenvalue weighted by molar-refractivity contribution is 7.97. The van der Waals surface area contributed by atoms with Crippen LogP contribution in [0.4, 0.5) is 24.8 Å². The molecule has 2 fully saturated rings. The van der Waals surface area contributed by atoms with Crippen LogP contribution in [0.5, 0.6) is 5.88 Å². The van der Waals surface area contributed by atoms with Crippen molar-refractivity contribution in [2.24, 2.45) is 11.3 Å². The lowest BCUT2D eigenvalue weighted by molar-refractivity contribution is -0.190. The molecular formula is C32H42F3N7O2S. The molecule has 1 saturated carbocycles. The third-order valence-corrected chi connectivity index (χ3v) is 9.58. The first-order chi connectivity index (χ1) is 21.4. The van der Waals surface area contributed by atoms with Gasteiger partial charge in [0.25, 0.3) is 5.91 Å². The van der Waals surface area contributed by atoms with Crippen molar-refractivity contribution in [2.45, 2.75) is 83.0 Å². The van der Waals surface area contributed by atoms with Crippen molar-refractivity contribution in [1.82, 2.24) is 24.5 Å². The second-order valence-corrected chi connectivity index (χ2v) is 13.3. The monoisotopic (exact) mass is 645 g/mol. The Kier molecular flexibility index (Phi) is 9.57. The smallest absolute Gasteiger partial charge is 0.394 e. The van der Waals surface area contributed by atoms with Crippen LogP contribution in [0.3, 0.4) is 0 Å². The van der Waals surface area contributed by atoms with Gasteiger partial charge in [0.05, 0.1) is 17.6 Å². The Morgan fingerprint density at radius 3 is 2.60 bits per heavy atom. The van der Waals surface area contributed by atoms with Crippen LogP contribution in [0.15, 0.2) is 47.6 Å². The Morgan fingerprint density at radius 2 is 1.87 bits per heavy atom. The molecule has 1 aliphatic carbocycles. The number of carbonyl (C=O) groups excluding carboxylic acids is 1. The third-order valence-electron chi connectivity index (χ3n) is 8.86. The van der Waals surface area contributed by atoms with E-state index in [4.69, 9.17) is 14.7 Å². The molecule has 0 radical (unpaired) electrons. The van der Waals surface area contributed by atoms with Gasteiger partial charge in [-0.3, -0.25) is 9.52 Å². The van der Waals surface area contributed by atoms with E-state index in [9.17, 15) is 18.0 Å². The minimum absolute atomic E-state index is 0.0666. The predicted molar refractivity (Wildman–Crippen MR) is 170 cm³/mol. The zero-order valence-corrected chi connectivity index (χ0v) is 27.3. The summed E-state index contributed by atoms with van der Waals surface area (Å²) in [6, 6.07) is 10.8. The number of pyridine rings is 2. The number of nitrogens with zero attached hydrogens (tertiary/aromatic N) is 6. The Morgan fingerprint density at radius 1 is 1.09 bits per heavy atom. The lowest BCUT2D eigenvalue weighted by Gasteiger charge is -2.34. The molecule has 3 aromatic rings. The molecule has 4 bridgehead atoms. The highest BCUT2D eigenvalue weighted by atomic mass is 32.2. The van der Waals surface area contributed by atoms with Gasteiger partial charge in [-0.25, -0.2) is 14.6 Å². The quantitative estimate of drug-likeness (QED) is 0.295. The third kappa shape index (κ3) is 7.18. The van der Waals surface area contributed by atoms with Gasteiger partial charge in [-0.1, -0.05) is 19.9 Å². The van der Waals surface area contributed by atoms with E-state index in [2.05, 4.69) is 33.5 Å². The largest absolute Gasteiger partial charge is 0.477 e. The van der Waals surface area contributed by atoms with E-state index in [-0.39, 0.29) is 43.2 Å². The molecule has 13 heteroatoms. The normalized spacial score (nSPS) is 20.6. The molecular weight excluding hydrogens is 603 g/mol. The maximum Gasteiger partial charge on any atom is 0.394 e. The van der Waals surface area contributed by atoms with Crippen LogP contribution in [-0.2, 0) is 0 Å². The highest BCUT2D eigenvalue weighted by Gasteiger charge is 2.62. The summed E-state index contributed by atoms with van der Waals surface area (Å²) in [4.78, 5) is 27.6. The van der Waals surface area contributed by atoms with Gasteiger partial charge in [0.2, 0.25) is 5.88 Å². The van der Waals surface area contributed by atoms with Crippen molar-refractivity contribution in [2.75, 3.05) is 36.5 Å². The van der Waals surface area contributed by atoms with E-state index in [0.29, 0.717) is 28.1 Å². The maximum atomic E-state index is 13.6. The number of fused-ring (bicyclic) bond motifs is 6. The average molecular weight is 646 g/mol. The fraction of sp³-hybridized carbons (Fsp3) is 0.562. The summed E-state index contributed by atoms with van der Waals surface area (Å²) >= 11 is 1.17. The van der Waals surface area contributed by atoms with E-state index in [1.54, 1.807) is 24.4 Å². The first-order valence-electron chi connectivity index (χ1n) is 15.6. The van der Waals surface area contributed by atoms with Crippen LogP contribution >= 0.6 is 11.9 Å². The van der Waals surface area contributed by atoms with Crippen molar-refractivity contribution in [3.05, 3.63) is 48.2 Å². The molecule has 0 aromatic carbocycles. The van der Waals surface area contributed by atoms with Gasteiger partial charge < -0.3 is 14.5 Å². The minimum atomic E-state index is -4.21. The van der Waals surface area contributed by atoms with Gasteiger partial charge in [-0.15, -0.1) is 5.10 Å². The fourth-order valence-electron chi connectivity index (χ4n) is 6.15. The average Bonchev–Trinajstić information content (AvgIpc) is 3.57. The Bertz CT molecular complexity index is 1490. The molecule has 6 rings (SSSR count). The number of aromatic nitrogens is 4. The molecule has 5 heterocycles. The van der Waals surface area contributed by atoms with Crippen LogP contribution in [0, 0.1) is 11.3 Å². The number of carbonyl (C=O) groups is 1. The second kappa shape index (κ2) is 13.1. The molecule has 1 atom stereocenters. The van der Waals surface area contributed by atoms with Crippen molar-refractivity contribution in [1.29, 1.82) is 0 Å². The fourth-order valence-corrected chi connectivity index (χ4v) is 6.74. The summed E-state index contributed by atoms with van der Waals surface area (Å²) in [7, 11) is 2.04. The highest BCUT2D eigenvalue weighted by Crippen LogP contribution is 2.59. The van der Waals surface area contributed by atoms with Gasteiger partial charge in [-0.05, 0) is 82.6 Å². The number of amides is 1. The Balaban J connectivity index is 0.00000196. The number of halogens is 3. The van der Waals surface area contributed by atoms with Crippen molar-refractivity contribution in [3.8, 4) is 11.7 Å². The SMILES string of the molecule is CC.CN1CCCC2CN(c3nc(-n4ccc(OCCC5(C(F)(F)F)CC5)n4)ccc3C(=O)NSc3cccc1n3)C(C)(C)C2. The summed E-state index contributed by atoms with van der Waals surface area (Å²) in [5.41, 5.74) is -1.41. The number of rotatable bonds is 5. The second-order valence-electron chi connectivity index (χ2n) is 12.4. The molecule has 2 aliphatic heterocycles. The van der Waals surface area contributed by atoms with Gasteiger partial charge in [0.15, 0.2) is 5.82 Å². The van der Waals surface area contributed by atoms with E-state index < -0.39 is 11.6 Å². The summed E-state index contributed by atoms with van der Waals surface area (Å²) in [5, 5.41) is 5.11. The molecule has 9 nitrogen and oxygen atoms in total. The molecule has 45 heavy (non-hydrogen) atoms. The van der Waals surface area contributed by atoms with Crippen molar-refractivity contribution < 1.29 is 22.7 Å². The maximum absolute atomic E-state index is 13.6. The zero-order valence-electron chi connectivity index (χ0n) is 26.5. The van der Waals surface area contributed by atoms with E-state index in [1.807, 2.05) is 39.1 Å². The number of hydrogen-bond donors (Lipinski definition) is 1. The van der Waals surface area contributed by atoms with E-state index >= 15 is 0 Å². The molecule has 1 unspecified atom stereocenters. The van der Waals surface area contributed by atoms with Crippen LogP contribution in [-0.4, -0.2) is 64.1 Å². The molecule has 1 amide bonds. The zero-order chi connectivity index (χ0) is 32.4. The lowest BCUT2D eigenvalue weighted by Crippen LogP contribution is -2.40. The molecule has 3 aromatic heterocycles.